The van der Waals surface area contributed by atoms with Gasteiger partial charge >= 0.3 is 0 Å². The molecule has 1 atom stereocenters. The minimum absolute atomic E-state index is 0.935. The molecule has 0 aromatic heterocycles. The van der Waals surface area contributed by atoms with Gasteiger partial charge in [0.1, 0.15) is 0 Å². The lowest BCUT2D eigenvalue weighted by atomic mass is 9.96. The second kappa shape index (κ2) is 22.6. The van der Waals surface area contributed by atoms with Crippen LogP contribution >= 0.6 is 0 Å². The van der Waals surface area contributed by atoms with E-state index in [1.807, 2.05) is 0 Å². The van der Waals surface area contributed by atoms with Gasteiger partial charge in [-0.2, -0.15) is 0 Å². The lowest BCUT2D eigenvalue weighted by molar-refractivity contribution is 0.434. The van der Waals surface area contributed by atoms with E-state index < -0.39 is 0 Å². The van der Waals surface area contributed by atoms with Crippen LogP contribution in [0.15, 0.2) is 0 Å². The highest BCUT2D eigenvalue weighted by Crippen LogP contribution is 2.18. The van der Waals surface area contributed by atoms with Gasteiger partial charge in [-0.1, -0.05) is 124 Å². The third kappa shape index (κ3) is 21.6. The van der Waals surface area contributed by atoms with Crippen LogP contribution in [0.25, 0.3) is 0 Å². The quantitative estimate of drug-likeness (QED) is 0.158. The van der Waals surface area contributed by atoms with Gasteiger partial charge in [-0.25, -0.2) is 0 Å². The van der Waals surface area contributed by atoms with Gasteiger partial charge in [0.25, 0.3) is 0 Å². The molecule has 0 radical (unpaired) electrons. The number of hydrogen-bond donors (Lipinski definition) is 0. The molecule has 0 saturated carbocycles. The van der Waals surface area contributed by atoms with Crippen LogP contribution < -0.4 is 0 Å². The molecule has 0 aliphatic heterocycles. The van der Waals surface area contributed by atoms with E-state index in [0.29, 0.717) is 0 Å². The summed E-state index contributed by atoms with van der Waals surface area (Å²) in [4.78, 5) is 0. The largest absolute Gasteiger partial charge is 0.103 e. The van der Waals surface area contributed by atoms with Gasteiger partial charge in [-0.3, -0.25) is 0 Å². The van der Waals surface area contributed by atoms with Crippen molar-refractivity contribution >= 4 is 0 Å². The van der Waals surface area contributed by atoms with Crippen molar-refractivity contribution in [3.8, 4) is 11.8 Å². The van der Waals surface area contributed by atoms with Crippen LogP contribution in [0.4, 0.5) is 0 Å². The Hall–Kier alpha value is -0.440. The first-order valence-corrected chi connectivity index (χ1v) is 12.3. The lowest BCUT2D eigenvalue weighted by Crippen LogP contribution is -1.95. The van der Waals surface area contributed by atoms with Gasteiger partial charge in [0, 0.05) is 12.8 Å². The summed E-state index contributed by atoms with van der Waals surface area (Å²) in [5.41, 5.74) is 0. The third-order valence-electron chi connectivity index (χ3n) is 5.55. The van der Waals surface area contributed by atoms with Gasteiger partial charge in [0.15, 0.2) is 0 Å². The summed E-state index contributed by atoms with van der Waals surface area (Å²) in [6.45, 7) is 6.96. The maximum atomic E-state index is 3.30. The standard InChI is InChI=1S/C26H50/c1-4-6-8-10-12-14-15-16-17-19-21-23-25-26(3)24-22-20-18-13-11-9-7-5-2/h26H,4-8,10,12-25H2,1-3H3. The maximum absolute atomic E-state index is 3.30. The molecule has 0 amide bonds. The maximum Gasteiger partial charge on any atom is 0.00886 e. The van der Waals surface area contributed by atoms with Crippen molar-refractivity contribution in [3.63, 3.8) is 0 Å². The van der Waals surface area contributed by atoms with Crippen molar-refractivity contribution in [2.75, 3.05) is 0 Å². The average molecular weight is 363 g/mol. The van der Waals surface area contributed by atoms with Crippen LogP contribution in [-0.4, -0.2) is 0 Å². The fourth-order valence-corrected chi connectivity index (χ4v) is 3.66. The zero-order chi connectivity index (χ0) is 19.1. The van der Waals surface area contributed by atoms with E-state index in [2.05, 4.69) is 32.6 Å². The Labute approximate surface area is 167 Å². The summed E-state index contributed by atoms with van der Waals surface area (Å²) in [6, 6.07) is 0. The molecule has 0 heterocycles. The van der Waals surface area contributed by atoms with Crippen molar-refractivity contribution in [3.05, 3.63) is 0 Å². The zero-order valence-corrected chi connectivity index (χ0v) is 18.7. The van der Waals surface area contributed by atoms with Crippen LogP contribution in [0.1, 0.15) is 149 Å². The Kier molecular flexibility index (Phi) is 22.2. The van der Waals surface area contributed by atoms with Crippen LogP contribution in [-0.2, 0) is 0 Å². The van der Waals surface area contributed by atoms with Crippen LogP contribution in [0, 0.1) is 17.8 Å². The second-order valence-corrected chi connectivity index (χ2v) is 8.49. The van der Waals surface area contributed by atoms with E-state index >= 15 is 0 Å². The van der Waals surface area contributed by atoms with E-state index in [4.69, 9.17) is 0 Å². The molecule has 0 spiro atoms. The first-order valence-electron chi connectivity index (χ1n) is 12.3. The van der Waals surface area contributed by atoms with Crippen LogP contribution in [0.5, 0.6) is 0 Å². The molecule has 0 heteroatoms. The van der Waals surface area contributed by atoms with Gasteiger partial charge < -0.3 is 0 Å². The second-order valence-electron chi connectivity index (χ2n) is 8.49. The van der Waals surface area contributed by atoms with Crippen molar-refractivity contribution in [2.24, 2.45) is 5.92 Å². The molecule has 0 fully saturated rings. The van der Waals surface area contributed by atoms with E-state index in [1.165, 1.54) is 116 Å². The predicted molar refractivity (Wildman–Crippen MR) is 121 cm³/mol. The summed E-state index contributed by atoms with van der Waals surface area (Å²) in [5.74, 6) is 7.49. The molecular formula is C26H50. The van der Waals surface area contributed by atoms with Crippen molar-refractivity contribution in [1.29, 1.82) is 0 Å². The Bertz CT molecular complexity index is 306. The molecule has 1 unspecified atom stereocenters. The number of unbranched alkanes of at least 4 members (excludes halogenated alkanes) is 15. The van der Waals surface area contributed by atoms with Gasteiger partial charge in [0.2, 0.25) is 0 Å². The summed E-state index contributed by atoms with van der Waals surface area (Å²) in [7, 11) is 0. The molecule has 0 aliphatic carbocycles. The first-order chi connectivity index (χ1) is 12.8. The molecule has 0 rings (SSSR count). The molecule has 0 N–H and O–H groups in total. The molecule has 0 nitrogen and oxygen atoms in total. The van der Waals surface area contributed by atoms with Crippen LogP contribution in [0.2, 0.25) is 0 Å². The topological polar surface area (TPSA) is 0 Å². The summed E-state index contributed by atoms with van der Waals surface area (Å²) >= 11 is 0. The highest BCUT2D eigenvalue weighted by molar-refractivity contribution is 4.98. The number of hydrogen-bond acceptors (Lipinski definition) is 0. The Morgan fingerprint density at radius 3 is 1.38 bits per heavy atom. The Morgan fingerprint density at radius 1 is 0.462 bits per heavy atom. The third-order valence-corrected chi connectivity index (χ3v) is 5.55. The fourth-order valence-electron chi connectivity index (χ4n) is 3.66. The van der Waals surface area contributed by atoms with Gasteiger partial charge in [0.05, 0.1) is 0 Å². The molecule has 0 bridgehead atoms. The zero-order valence-electron chi connectivity index (χ0n) is 18.7. The molecule has 154 valence electrons. The average Bonchev–Trinajstić information content (AvgIpc) is 2.65. The SMILES string of the molecule is CCCC#CCCCCCC(C)CCCCCCCCCCCCCC. The molecular weight excluding hydrogens is 312 g/mol. The van der Waals surface area contributed by atoms with E-state index in [1.54, 1.807) is 0 Å². The van der Waals surface area contributed by atoms with Crippen molar-refractivity contribution in [2.45, 2.75) is 149 Å². The van der Waals surface area contributed by atoms with Crippen LogP contribution in [0.3, 0.4) is 0 Å². The van der Waals surface area contributed by atoms with Crippen molar-refractivity contribution < 1.29 is 0 Å². The fraction of sp³-hybridized carbons (Fsp3) is 0.923. The Morgan fingerprint density at radius 2 is 0.885 bits per heavy atom. The summed E-state index contributed by atoms with van der Waals surface area (Å²) in [6.07, 6.45) is 27.9. The summed E-state index contributed by atoms with van der Waals surface area (Å²) < 4.78 is 0. The minimum atomic E-state index is 0.935. The monoisotopic (exact) mass is 362 g/mol. The van der Waals surface area contributed by atoms with Crippen molar-refractivity contribution in [1.82, 2.24) is 0 Å². The smallest absolute Gasteiger partial charge is 0.00886 e. The minimum Gasteiger partial charge on any atom is -0.103 e. The van der Waals surface area contributed by atoms with Gasteiger partial charge in [-0.05, 0) is 18.8 Å². The predicted octanol–water partition coefficient (Wildman–Crippen LogP) is 9.47. The molecule has 26 heavy (non-hydrogen) atoms. The molecule has 0 aromatic carbocycles. The summed E-state index contributed by atoms with van der Waals surface area (Å²) in [5, 5.41) is 0. The van der Waals surface area contributed by atoms with Gasteiger partial charge in [-0.15, -0.1) is 11.8 Å². The number of rotatable bonds is 19. The van der Waals surface area contributed by atoms with E-state index in [0.717, 1.165) is 18.8 Å². The molecule has 0 saturated heterocycles. The molecule has 0 aliphatic rings. The normalized spacial score (nSPS) is 12.0. The highest BCUT2D eigenvalue weighted by Gasteiger charge is 2.02. The first kappa shape index (κ1) is 25.6. The lowest BCUT2D eigenvalue weighted by Gasteiger charge is -2.10. The Balaban J connectivity index is 3.17. The highest BCUT2D eigenvalue weighted by atomic mass is 14.1. The molecule has 0 aromatic rings. The van der Waals surface area contributed by atoms with E-state index in [9.17, 15) is 0 Å². The van der Waals surface area contributed by atoms with E-state index in [-0.39, 0.29) is 0 Å².